The largest absolute Gasteiger partial charge is 0.335 e. The number of rotatable bonds is 2. The molecule has 1 aromatic rings. The van der Waals surface area contributed by atoms with Crippen molar-refractivity contribution in [3.8, 4) is 0 Å². The molecule has 0 aliphatic carbocycles. The molecule has 18 heavy (non-hydrogen) atoms. The molecule has 2 rings (SSSR count). The fourth-order valence-corrected chi connectivity index (χ4v) is 2.46. The van der Waals surface area contributed by atoms with Crippen LogP contribution in [0.15, 0.2) is 24.3 Å². The first-order chi connectivity index (χ1) is 8.41. The molecule has 1 unspecified atom stereocenters. The molecule has 98 valence electrons. The SMILES string of the molecule is CC(C)c1ccccc1C(=O)N1CCC(C)(F)C1. The Hall–Kier alpha value is -1.38. The van der Waals surface area contributed by atoms with Gasteiger partial charge in [-0.05, 0) is 24.5 Å². The van der Waals surface area contributed by atoms with Crippen LogP contribution in [0.25, 0.3) is 0 Å². The first-order valence-corrected chi connectivity index (χ1v) is 6.48. The molecule has 1 fully saturated rings. The summed E-state index contributed by atoms with van der Waals surface area (Å²) in [5.74, 6) is 0.255. The van der Waals surface area contributed by atoms with Crippen molar-refractivity contribution in [2.45, 2.75) is 38.8 Å². The fraction of sp³-hybridized carbons (Fsp3) is 0.533. The highest BCUT2D eigenvalue weighted by Gasteiger charge is 2.36. The van der Waals surface area contributed by atoms with Crippen LogP contribution < -0.4 is 0 Å². The van der Waals surface area contributed by atoms with Crippen LogP contribution >= 0.6 is 0 Å². The van der Waals surface area contributed by atoms with Gasteiger partial charge in [-0.2, -0.15) is 0 Å². The second-order valence-electron chi connectivity index (χ2n) is 5.63. The third-order valence-corrected chi connectivity index (χ3v) is 3.52. The fourth-order valence-electron chi connectivity index (χ4n) is 2.46. The maximum absolute atomic E-state index is 13.8. The molecule has 3 heteroatoms. The molecule has 0 bridgehead atoms. The van der Waals surface area contributed by atoms with Crippen molar-refractivity contribution in [3.05, 3.63) is 35.4 Å². The van der Waals surface area contributed by atoms with Gasteiger partial charge in [-0.3, -0.25) is 4.79 Å². The Bertz CT molecular complexity index is 454. The molecular weight excluding hydrogens is 229 g/mol. The van der Waals surface area contributed by atoms with Crippen molar-refractivity contribution in [2.75, 3.05) is 13.1 Å². The number of carbonyl (C=O) groups is 1. The highest BCUT2D eigenvalue weighted by atomic mass is 19.1. The monoisotopic (exact) mass is 249 g/mol. The molecule has 1 amide bonds. The number of hydrogen-bond acceptors (Lipinski definition) is 1. The first kappa shape index (κ1) is 13.1. The Morgan fingerprint density at radius 3 is 2.61 bits per heavy atom. The lowest BCUT2D eigenvalue weighted by atomic mass is 9.96. The number of hydrogen-bond donors (Lipinski definition) is 0. The van der Waals surface area contributed by atoms with Crippen LogP contribution in [-0.4, -0.2) is 29.6 Å². The van der Waals surface area contributed by atoms with E-state index in [4.69, 9.17) is 0 Å². The molecule has 1 saturated heterocycles. The summed E-state index contributed by atoms with van der Waals surface area (Å²) in [4.78, 5) is 14.0. The van der Waals surface area contributed by atoms with Gasteiger partial charge < -0.3 is 4.90 Å². The van der Waals surface area contributed by atoms with Crippen LogP contribution in [0.4, 0.5) is 4.39 Å². The van der Waals surface area contributed by atoms with Crippen molar-refractivity contribution in [3.63, 3.8) is 0 Å². The minimum atomic E-state index is -1.23. The number of alkyl halides is 1. The highest BCUT2D eigenvalue weighted by molar-refractivity contribution is 5.96. The molecule has 1 aliphatic rings. The quantitative estimate of drug-likeness (QED) is 0.786. The third kappa shape index (κ3) is 2.55. The van der Waals surface area contributed by atoms with Crippen LogP contribution in [0, 0.1) is 0 Å². The number of halogens is 1. The van der Waals surface area contributed by atoms with Gasteiger partial charge in [0.1, 0.15) is 5.67 Å². The van der Waals surface area contributed by atoms with Gasteiger partial charge in [-0.15, -0.1) is 0 Å². The van der Waals surface area contributed by atoms with Gasteiger partial charge >= 0.3 is 0 Å². The zero-order valence-electron chi connectivity index (χ0n) is 11.2. The van der Waals surface area contributed by atoms with E-state index in [0.29, 0.717) is 24.4 Å². The summed E-state index contributed by atoms with van der Waals surface area (Å²) in [6, 6.07) is 7.62. The van der Waals surface area contributed by atoms with Crippen molar-refractivity contribution in [2.24, 2.45) is 0 Å². The first-order valence-electron chi connectivity index (χ1n) is 6.48. The lowest BCUT2D eigenvalue weighted by molar-refractivity contribution is 0.0759. The predicted molar refractivity (Wildman–Crippen MR) is 70.6 cm³/mol. The molecule has 0 aromatic heterocycles. The van der Waals surface area contributed by atoms with Gasteiger partial charge in [0.15, 0.2) is 0 Å². The van der Waals surface area contributed by atoms with Crippen LogP contribution in [-0.2, 0) is 0 Å². The number of amides is 1. The summed E-state index contributed by atoms with van der Waals surface area (Å²) in [5, 5.41) is 0. The standard InChI is InChI=1S/C15H20FNO/c1-11(2)12-6-4-5-7-13(12)14(18)17-9-8-15(3,16)10-17/h4-7,11H,8-10H2,1-3H3. The van der Waals surface area contributed by atoms with Crippen molar-refractivity contribution in [1.29, 1.82) is 0 Å². The predicted octanol–water partition coefficient (Wildman–Crippen LogP) is 3.38. The van der Waals surface area contributed by atoms with E-state index < -0.39 is 5.67 Å². The maximum Gasteiger partial charge on any atom is 0.254 e. The van der Waals surface area contributed by atoms with Crippen molar-refractivity contribution in [1.82, 2.24) is 4.90 Å². The number of benzene rings is 1. The van der Waals surface area contributed by atoms with Gasteiger partial charge in [0.2, 0.25) is 0 Å². The molecule has 1 aliphatic heterocycles. The highest BCUT2D eigenvalue weighted by Crippen LogP contribution is 2.28. The molecule has 0 radical (unpaired) electrons. The lowest BCUT2D eigenvalue weighted by Gasteiger charge is -2.20. The van der Waals surface area contributed by atoms with E-state index in [1.807, 2.05) is 24.3 Å². The van der Waals surface area contributed by atoms with Crippen LogP contribution in [0.3, 0.4) is 0 Å². The minimum absolute atomic E-state index is 0.0410. The zero-order valence-corrected chi connectivity index (χ0v) is 11.2. The lowest BCUT2D eigenvalue weighted by Crippen LogP contribution is -2.32. The van der Waals surface area contributed by atoms with E-state index in [9.17, 15) is 9.18 Å². The number of nitrogens with zero attached hydrogens (tertiary/aromatic N) is 1. The van der Waals surface area contributed by atoms with Gasteiger partial charge in [-0.1, -0.05) is 32.0 Å². The van der Waals surface area contributed by atoms with Gasteiger partial charge in [0, 0.05) is 18.5 Å². The molecule has 0 saturated carbocycles. The molecule has 1 aromatic carbocycles. The van der Waals surface area contributed by atoms with Gasteiger partial charge in [-0.25, -0.2) is 4.39 Å². The molecule has 0 N–H and O–H groups in total. The summed E-state index contributed by atoms with van der Waals surface area (Å²) in [6.45, 7) is 6.41. The molecule has 0 spiro atoms. The van der Waals surface area contributed by atoms with Crippen molar-refractivity contribution >= 4 is 5.91 Å². The zero-order chi connectivity index (χ0) is 13.3. The summed E-state index contributed by atoms with van der Waals surface area (Å²) in [5.41, 5.74) is 0.516. The second-order valence-corrected chi connectivity index (χ2v) is 5.63. The van der Waals surface area contributed by atoms with E-state index in [1.54, 1.807) is 11.8 Å². The maximum atomic E-state index is 13.8. The topological polar surface area (TPSA) is 20.3 Å². The average Bonchev–Trinajstić information content (AvgIpc) is 2.68. The summed E-state index contributed by atoms with van der Waals surface area (Å²) in [7, 11) is 0. The molecule has 1 heterocycles. The Balaban J connectivity index is 2.25. The Morgan fingerprint density at radius 1 is 1.39 bits per heavy atom. The summed E-state index contributed by atoms with van der Waals surface area (Å²) >= 11 is 0. The number of carbonyl (C=O) groups excluding carboxylic acids is 1. The normalized spacial score (nSPS) is 23.7. The average molecular weight is 249 g/mol. The Kier molecular flexibility index (Phi) is 3.42. The minimum Gasteiger partial charge on any atom is -0.335 e. The van der Waals surface area contributed by atoms with Crippen molar-refractivity contribution < 1.29 is 9.18 Å². The van der Waals surface area contributed by atoms with E-state index in [2.05, 4.69) is 13.8 Å². The third-order valence-electron chi connectivity index (χ3n) is 3.52. The molecule has 1 atom stereocenters. The van der Waals surface area contributed by atoms with Crippen LogP contribution in [0.2, 0.25) is 0 Å². The van der Waals surface area contributed by atoms with E-state index in [1.165, 1.54) is 0 Å². The van der Waals surface area contributed by atoms with Crippen LogP contribution in [0.5, 0.6) is 0 Å². The van der Waals surface area contributed by atoms with E-state index >= 15 is 0 Å². The Morgan fingerprint density at radius 2 is 2.06 bits per heavy atom. The number of likely N-dealkylation sites (tertiary alicyclic amines) is 1. The van der Waals surface area contributed by atoms with E-state index in [-0.39, 0.29) is 12.5 Å². The summed E-state index contributed by atoms with van der Waals surface area (Å²) < 4.78 is 13.8. The van der Waals surface area contributed by atoms with Gasteiger partial charge in [0.25, 0.3) is 5.91 Å². The smallest absolute Gasteiger partial charge is 0.254 e. The second kappa shape index (κ2) is 4.71. The van der Waals surface area contributed by atoms with E-state index in [0.717, 1.165) is 5.56 Å². The van der Waals surface area contributed by atoms with Gasteiger partial charge in [0.05, 0.1) is 6.54 Å². The molecular formula is C15H20FNO. The Labute approximate surface area is 108 Å². The van der Waals surface area contributed by atoms with Crippen LogP contribution in [0.1, 0.15) is 49.0 Å². The summed E-state index contributed by atoms with van der Waals surface area (Å²) in [6.07, 6.45) is 0.433. The molecule has 2 nitrogen and oxygen atoms in total.